The van der Waals surface area contributed by atoms with Crippen molar-refractivity contribution in [3.8, 4) is 11.1 Å². The van der Waals surface area contributed by atoms with Gasteiger partial charge in [0.15, 0.2) is 0 Å². The van der Waals surface area contributed by atoms with Crippen molar-refractivity contribution in [1.29, 1.82) is 0 Å². The molecule has 0 heterocycles. The summed E-state index contributed by atoms with van der Waals surface area (Å²) in [6.45, 7) is 3.79. The molecule has 0 spiro atoms. The third-order valence-electron chi connectivity index (χ3n) is 5.59. The van der Waals surface area contributed by atoms with E-state index in [-0.39, 0.29) is 10.8 Å². The number of halogens is 2. The standard InChI is InChI=1S/C23H28ClFO/c1-2-26-15-3-4-17-5-7-18(8-6-17)19-9-11-20(12-10-19)21-13-14-22(24)23(25)16-21/h9-14,16-18H,2-8,15H2,1H3/t17-,18-. The molecule has 0 aromatic heterocycles. The van der Waals surface area contributed by atoms with Gasteiger partial charge in [0.2, 0.25) is 0 Å². The third kappa shape index (κ3) is 5.08. The Morgan fingerprint density at radius 2 is 1.69 bits per heavy atom. The van der Waals surface area contributed by atoms with Crippen LogP contribution in [-0.4, -0.2) is 13.2 Å². The van der Waals surface area contributed by atoms with Gasteiger partial charge in [-0.3, -0.25) is 0 Å². The highest BCUT2D eigenvalue weighted by Gasteiger charge is 2.22. The zero-order chi connectivity index (χ0) is 18.4. The topological polar surface area (TPSA) is 9.23 Å². The first-order valence-corrected chi connectivity index (χ1v) is 10.2. The molecule has 0 saturated heterocycles. The van der Waals surface area contributed by atoms with Crippen LogP contribution >= 0.6 is 11.6 Å². The first kappa shape index (κ1) is 19.4. The Morgan fingerprint density at radius 1 is 1.00 bits per heavy atom. The van der Waals surface area contributed by atoms with Gasteiger partial charge < -0.3 is 4.74 Å². The Hall–Kier alpha value is -1.38. The Kier molecular flexibility index (Phi) is 7.10. The average Bonchev–Trinajstić information content (AvgIpc) is 2.68. The van der Waals surface area contributed by atoms with Crippen LogP contribution in [0, 0.1) is 11.7 Å². The minimum absolute atomic E-state index is 0.170. The summed E-state index contributed by atoms with van der Waals surface area (Å²) in [5.41, 5.74) is 3.32. The molecular weight excluding hydrogens is 347 g/mol. The van der Waals surface area contributed by atoms with E-state index in [0.717, 1.165) is 30.3 Å². The fourth-order valence-corrected chi connectivity index (χ4v) is 4.14. The van der Waals surface area contributed by atoms with Crippen molar-refractivity contribution in [3.05, 3.63) is 58.9 Å². The van der Waals surface area contributed by atoms with Gasteiger partial charge >= 0.3 is 0 Å². The summed E-state index contributed by atoms with van der Waals surface area (Å²) < 4.78 is 19.1. The SMILES string of the molecule is CCOCCC[C@H]1CC[C@H](c2ccc(-c3ccc(Cl)c(F)c3)cc2)CC1. The van der Waals surface area contributed by atoms with Crippen molar-refractivity contribution in [2.45, 2.75) is 51.4 Å². The highest BCUT2D eigenvalue weighted by Crippen LogP contribution is 2.38. The van der Waals surface area contributed by atoms with Gasteiger partial charge in [-0.05, 0) is 86.1 Å². The van der Waals surface area contributed by atoms with E-state index in [2.05, 4.69) is 31.2 Å². The molecular formula is C23H28ClFO. The summed E-state index contributed by atoms with van der Waals surface area (Å²) in [5, 5.41) is 0.170. The molecule has 0 amide bonds. The molecule has 0 radical (unpaired) electrons. The largest absolute Gasteiger partial charge is 0.382 e. The Morgan fingerprint density at radius 3 is 2.35 bits per heavy atom. The minimum atomic E-state index is -0.365. The van der Waals surface area contributed by atoms with E-state index in [0.29, 0.717) is 5.92 Å². The molecule has 26 heavy (non-hydrogen) atoms. The van der Waals surface area contributed by atoms with Gasteiger partial charge in [-0.15, -0.1) is 0 Å². The zero-order valence-corrected chi connectivity index (χ0v) is 16.3. The summed E-state index contributed by atoms with van der Waals surface area (Å²) >= 11 is 5.77. The summed E-state index contributed by atoms with van der Waals surface area (Å²) in [6, 6.07) is 13.6. The monoisotopic (exact) mass is 374 g/mol. The van der Waals surface area contributed by atoms with Crippen molar-refractivity contribution in [2.24, 2.45) is 5.92 Å². The van der Waals surface area contributed by atoms with E-state index >= 15 is 0 Å². The molecule has 1 aliphatic carbocycles. The molecule has 0 unspecified atom stereocenters. The summed E-state index contributed by atoms with van der Waals surface area (Å²) in [6.07, 6.45) is 7.67. The van der Waals surface area contributed by atoms with Crippen LogP contribution in [0.25, 0.3) is 11.1 Å². The Labute approximate surface area is 161 Å². The van der Waals surface area contributed by atoms with Crippen molar-refractivity contribution in [3.63, 3.8) is 0 Å². The lowest BCUT2D eigenvalue weighted by molar-refractivity contribution is 0.136. The predicted octanol–water partition coefficient (Wildman–Crippen LogP) is 7.24. The van der Waals surface area contributed by atoms with Gasteiger partial charge in [-0.1, -0.05) is 41.9 Å². The van der Waals surface area contributed by atoms with E-state index in [1.165, 1.54) is 50.2 Å². The van der Waals surface area contributed by atoms with Crippen LogP contribution in [0.3, 0.4) is 0 Å². The lowest BCUT2D eigenvalue weighted by atomic mass is 9.77. The van der Waals surface area contributed by atoms with Gasteiger partial charge in [0, 0.05) is 13.2 Å². The van der Waals surface area contributed by atoms with E-state index in [4.69, 9.17) is 16.3 Å². The number of hydrogen-bond donors (Lipinski definition) is 0. The van der Waals surface area contributed by atoms with Crippen LogP contribution in [0.1, 0.15) is 56.9 Å². The fraction of sp³-hybridized carbons (Fsp3) is 0.478. The second kappa shape index (κ2) is 9.53. The van der Waals surface area contributed by atoms with Crippen molar-refractivity contribution >= 4 is 11.6 Å². The second-order valence-corrected chi connectivity index (χ2v) is 7.71. The van der Waals surface area contributed by atoms with Gasteiger partial charge in [0.25, 0.3) is 0 Å². The molecule has 1 saturated carbocycles. The molecule has 0 atom stereocenters. The van der Waals surface area contributed by atoms with Crippen LogP contribution in [-0.2, 0) is 4.74 Å². The summed E-state index contributed by atoms with van der Waals surface area (Å²) in [7, 11) is 0. The Bertz CT molecular complexity index is 690. The van der Waals surface area contributed by atoms with Crippen LogP contribution in [0.15, 0.2) is 42.5 Å². The number of ether oxygens (including phenoxy) is 1. The van der Waals surface area contributed by atoms with Gasteiger partial charge in [0.05, 0.1) is 5.02 Å². The molecule has 3 rings (SSSR count). The maximum Gasteiger partial charge on any atom is 0.142 e. The van der Waals surface area contributed by atoms with Crippen molar-refractivity contribution < 1.29 is 9.13 Å². The number of hydrogen-bond acceptors (Lipinski definition) is 1. The normalized spacial score (nSPS) is 20.3. The minimum Gasteiger partial charge on any atom is -0.382 e. The van der Waals surface area contributed by atoms with Gasteiger partial charge in [-0.2, -0.15) is 0 Å². The molecule has 0 aliphatic heterocycles. The van der Waals surface area contributed by atoms with E-state index in [1.54, 1.807) is 6.07 Å². The molecule has 3 heteroatoms. The molecule has 1 nitrogen and oxygen atoms in total. The maximum absolute atomic E-state index is 13.7. The van der Waals surface area contributed by atoms with Crippen LogP contribution in [0.5, 0.6) is 0 Å². The first-order valence-electron chi connectivity index (χ1n) is 9.80. The number of rotatable bonds is 7. The number of benzene rings is 2. The molecule has 0 bridgehead atoms. The molecule has 0 N–H and O–H groups in total. The molecule has 2 aromatic carbocycles. The highest BCUT2D eigenvalue weighted by molar-refractivity contribution is 6.30. The maximum atomic E-state index is 13.7. The van der Waals surface area contributed by atoms with Crippen molar-refractivity contribution in [1.82, 2.24) is 0 Å². The van der Waals surface area contributed by atoms with E-state index in [1.807, 2.05) is 6.07 Å². The fourth-order valence-electron chi connectivity index (χ4n) is 4.03. The quantitative estimate of drug-likeness (QED) is 0.464. The molecule has 1 fully saturated rings. The molecule has 140 valence electrons. The lowest BCUT2D eigenvalue weighted by Gasteiger charge is -2.29. The van der Waals surface area contributed by atoms with E-state index in [9.17, 15) is 4.39 Å². The predicted molar refractivity (Wildman–Crippen MR) is 107 cm³/mol. The Balaban J connectivity index is 1.54. The van der Waals surface area contributed by atoms with Crippen LogP contribution < -0.4 is 0 Å². The van der Waals surface area contributed by atoms with Crippen LogP contribution in [0.4, 0.5) is 4.39 Å². The second-order valence-electron chi connectivity index (χ2n) is 7.31. The highest BCUT2D eigenvalue weighted by atomic mass is 35.5. The molecule has 2 aromatic rings. The zero-order valence-electron chi connectivity index (χ0n) is 15.5. The summed E-state index contributed by atoms with van der Waals surface area (Å²) in [4.78, 5) is 0. The van der Waals surface area contributed by atoms with Crippen molar-refractivity contribution in [2.75, 3.05) is 13.2 Å². The van der Waals surface area contributed by atoms with Crippen LogP contribution in [0.2, 0.25) is 5.02 Å². The van der Waals surface area contributed by atoms with Gasteiger partial charge in [-0.25, -0.2) is 4.39 Å². The van der Waals surface area contributed by atoms with E-state index < -0.39 is 0 Å². The molecule has 1 aliphatic rings. The van der Waals surface area contributed by atoms with Gasteiger partial charge in [0.1, 0.15) is 5.82 Å². The lowest BCUT2D eigenvalue weighted by Crippen LogP contribution is -2.14. The summed E-state index contributed by atoms with van der Waals surface area (Å²) in [5.74, 6) is 1.16. The smallest absolute Gasteiger partial charge is 0.142 e. The third-order valence-corrected chi connectivity index (χ3v) is 5.89. The first-order chi connectivity index (χ1) is 12.7. The average molecular weight is 375 g/mol.